The maximum absolute atomic E-state index is 11.9. The minimum atomic E-state index is -0.0841. The molecule has 0 heterocycles. The van der Waals surface area contributed by atoms with E-state index in [1.54, 1.807) is 0 Å². The molecule has 0 saturated heterocycles. The van der Waals surface area contributed by atoms with Crippen LogP contribution in [0.1, 0.15) is 43.9 Å². The van der Waals surface area contributed by atoms with Crippen molar-refractivity contribution in [2.45, 2.75) is 45.2 Å². The van der Waals surface area contributed by atoms with E-state index in [0.717, 1.165) is 12.8 Å². The Labute approximate surface area is 121 Å². The van der Waals surface area contributed by atoms with Crippen molar-refractivity contribution in [2.75, 3.05) is 0 Å². The Hall–Kier alpha value is -1.06. The number of hydrogen-bond acceptors (Lipinski definition) is 2. The molecule has 1 aliphatic rings. The molecule has 0 bridgehead atoms. The van der Waals surface area contributed by atoms with Crippen molar-refractivity contribution in [1.29, 1.82) is 0 Å². The van der Waals surface area contributed by atoms with Crippen LogP contribution in [0.5, 0.6) is 0 Å². The Morgan fingerprint density at radius 3 is 2.84 bits per heavy atom. The van der Waals surface area contributed by atoms with Gasteiger partial charge in [-0.3, -0.25) is 4.79 Å². The number of nitrogens with two attached hydrogens (primary N) is 1. The van der Waals surface area contributed by atoms with Gasteiger partial charge in [-0.15, -0.1) is 12.4 Å². The summed E-state index contributed by atoms with van der Waals surface area (Å²) in [5.41, 5.74) is 8.30. The summed E-state index contributed by atoms with van der Waals surface area (Å²) in [6.45, 7) is 4.06. The lowest BCUT2D eigenvalue weighted by Crippen LogP contribution is -2.37. The van der Waals surface area contributed by atoms with Crippen LogP contribution in [0, 0.1) is 5.92 Å². The highest BCUT2D eigenvalue weighted by molar-refractivity contribution is 5.85. The minimum Gasteiger partial charge on any atom is -0.349 e. The van der Waals surface area contributed by atoms with Gasteiger partial charge in [-0.2, -0.15) is 0 Å². The SMILES string of the molecule is CC(N)CC(=O)NC1c2ccccc2CCC1C.Cl. The molecule has 1 aromatic carbocycles. The monoisotopic (exact) mass is 282 g/mol. The second-order valence-electron chi connectivity index (χ2n) is 5.44. The number of nitrogens with one attached hydrogen (secondary N) is 1. The van der Waals surface area contributed by atoms with Crippen LogP contribution < -0.4 is 11.1 Å². The van der Waals surface area contributed by atoms with Crippen molar-refractivity contribution in [1.82, 2.24) is 5.32 Å². The van der Waals surface area contributed by atoms with Crippen molar-refractivity contribution < 1.29 is 4.79 Å². The number of aryl methyl sites for hydroxylation is 1. The topological polar surface area (TPSA) is 55.1 Å². The van der Waals surface area contributed by atoms with Gasteiger partial charge in [-0.25, -0.2) is 0 Å². The summed E-state index contributed by atoms with van der Waals surface area (Å²) in [5, 5.41) is 3.14. The Balaban J connectivity index is 0.00000180. The van der Waals surface area contributed by atoms with Crippen LogP contribution >= 0.6 is 12.4 Å². The summed E-state index contributed by atoms with van der Waals surface area (Å²) in [7, 11) is 0. The maximum Gasteiger partial charge on any atom is 0.222 e. The number of amides is 1. The predicted molar refractivity (Wildman–Crippen MR) is 80.3 cm³/mol. The van der Waals surface area contributed by atoms with Crippen LogP contribution in [-0.2, 0) is 11.2 Å². The lowest BCUT2D eigenvalue weighted by atomic mass is 9.80. The van der Waals surface area contributed by atoms with Gasteiger partial charge in [0.1, 0.15) is 0 Å². The van der Waals surface area contributed by atoms with Crippen LogP contribution in [0.2, 0.25) is 0 Å². The number of fused-ring (bicyclic) bond motifs is 1. The highest BCUT2D eigenvalue weighted by Crippen LogP contribution is 2.33. The number of benzene rings is 1. The highest BCUT2D eigenvalue weighted by Gasteiger charge is 2.27. The summed E-state index contributed by atoms with van der Waals surface area (Å²) >= 11 is 0. The zero-order chi connectivity index (χ0) is 13.1. The van der Waals surface area contributed by atoms with Crippen molar-refractivity contribution in [2.24, 2.45) is 11.7 Å². The Kier molecular flexibility index (Phi) is 5.83. The fraction of sp³-hybridized carbons (Fsp3) is 0.533. The van der Waals surface area contributed by atoms with E-state index in [2.05, 4.69) is 30.4 Å². The lowest BCUT2D eigenvalue weighted by Gasteiger charge is -2.32. The van der Waals surface area contributed by atoms with E-state index >= 15 is 0 Å². The second-order valence-corrected chi connectivity index (χ2v) is 5.44. The smallest absolute Gasteiger partial charge is 0.222 e. The Morgan fingerprint density at radius 2 is 2.16 bits per heavy atom. The van der Waals surface area contributed by atoms with E-state index in [4.69, 9.17) is 5.73 Å². The molecule has 0 spiro atoms. The number of hydrogen-bond donors (Lipinski definition) is 2. The quantitative estimate of drug-likeness (QED) is 0.895. The lowest BCUT2D eigenvalue weighted by molar-refractivity contribution is -0.122. The molecule has 0 aliphatic heterocycles. The van der Waals surface area contributed by atoms with Crippen molar-refractivity contribution in [3.63, 3.8) is 0 Å². The first kappa shape index (κ1) is 16.0. The zero-order valence-electron chi connectivity index (χ0n) is 11.6. The molecule has 3 N–H and O–H groups in total. The van der Waals surface area contributed by atoms with Crippen LogP contribution in [0.25, 0.3) is 0 Å². The standard InChI is InChI=1S/C15H22N2O.ClH/c1-10-7-8-12-5-3-4-6-13(12)15(10)17-14(18)9-11(2)16;/h3-6,10-11,15H,7-9,16H2,1-2H3,(H,17,18);1H. The number of carbonyl (C=O) groups is 1. The van der Waals surface area contributed by atoms with E-state index in [1.807, 2.05) is 13.0 Å². The molecule has 3 unspecified atom stereocenters. The third kappa shape index (κ3) is 3.95. The van der Waals surface area contributed by atoms with Gasteiger partial charge < -0.3 is 11.1 Å². The molecule has 0 saturated carbocycles. The average molecular weight is 283 g/mol. The van der Waals surface area contributed by atoms with Crippen LogP contribution in [0.15, 0.2) is 24.3 Å². The van der Waals surface area contributed by atoms with Crippen molar-refractivity contribution in [3.05, 3.63) is 35.4 Å². The minimum absolute atomic E-state index is 0. The van der Waals surface area contributed by atoms with E-state index in [0.29, 0.717) is 12.3 Å². The molecule has 1 aliphatic carbocycles. The second kappa shape index (κ2) is 6.92. The molecule has 4 heteroatoms. The number of halogens is 1. The molecule has 0 radical (unpaired) electrons. The molecular formula is C15H23ClN2O. The predicted octanol–water partition coefficient (Wildman–Crippen LogP) is 2.59. The van der Waals surface area contributed by atoms with Crippen LogP contribution in [0.3, 0.4) is 0 Å². The van der Waals surface area contributed by atoms with Gasteiger partial charge in [-0.1, -0.05) is 31.2 Å². The average Bonchev–Trinajstić information content (AvgIpc) is 2.32. The molecule has 2 rings (SSSR count). The van der Waals surface area contributed by atoms with Gasteiger partial charge in [0.25, 0.3) is 0 Å². The van der Waals surface area contributed by atoms with Crippen LogP contribution in [-0.4, -0.2) is 11.9 Å². The largest absolute Gasteiger partial charge is 0.349 e. The van der Waals surface area contributed by atoms with Gasteiger partial charge in [0.2, 0.25) is 5.91 Å². The molecule has 3 atom stereocenters. The summed E-state index contributed by atoms with van der Waals surface area (Å²) < 4.78 is 0. The number of carbonyl (C=O) groups excluding carboxylic acids is 1. The highest BCUT2D eigenvalue weighted by atomic mass is 35.5. The molecule has 0 fully saturated rings. The van der Waals surface area contributed by atoms with Gasteiger partial charge in [-0.05, 0) is 36.8 Å². The van der Waals surface area contributed by atoms with Gasteiger partial charge >= 0.3 is 0 Å². The van der Waals surface area contributed by atoms with Crippen molar-refractivity contribution in [3.8, 4) is 0 Å². The fourth-order valence-corrected chi connectivity index (χ4v) is 2.67. The first-order chi connectivity index (χ1) is 8.58. The van der Waals surface area contributed by atoms with Crippen LogP contribution in [0.4, 0.5) is 0 Å². The normalized spacial score (nSPS) is 22.9. The van der Waals surface area contributed by atoms with E-state index in [1.165, 1.54) is 11.1 Å². The summed E-state index contributed by atoms with van der Waals surface area (Å²) in [6.07, 6.45) is 2.63. The summed E-state index contributed by atoms with van der Waals surface area (Å²) in [6, 6.07) is 8.45. The molecule has 106 valence electrons. The maximum atomic E-state index is 11.9. The van der Waals surface area contributed by atoms with E-state index in [9.17, 15) is 4.79 Å². The first-order valence-electron chi connectivity index (χ1n) is 6.70. The zero-order valence-corrected chi connectivity index (χ0v) is 12.4. The van der Waals surface area contributed by atoms with Gasteiger partial charge in [0.05, 0.1) is 6.04 Å². The molecule has 3 nitrogen and oxygen atoms in total. The molecule has 1 aromatic rings. The molecule has 19 heavy (non-hydrogen) atoms. The summed E-state index contributed by atoms with van der Waals surface area (Å²) in [4.78, 5) is 11.9. The number of rotatable bonds is 3. The summed E-state index contributed by atoms with van der Waals surface area (Å²) in [5.74, 6) is 0.537. The fourth-order valence-electron chi connectivity index (χ4n) is 2.67. The third-order valence-electron chi connectivity index (χ3n) is 3.65. The van der Waals surface area contributed by atoms with Crippen molar-refractivity contribution >= 4 is 18.3 Å². The van der Waals surface area contributed by atoms with E-state index < -0.39 is 0 Å². The van der Waals surface area contributed by atoms with Gasteiger partial charge in [0, 0.05) is 12.5 Å². The van der Waals surface area contributed by atoms with Gasteiger partial charge in [0.15, 0.2) is 0 Å². The Morgan fingerprint density at radius 1 is 1.47 bits per heavy atom. The molecule has 1 amide bonds. The Bertz CT molecular complexity index is 434. The van der Waals surface area contributed by atoms with E-state index in [-0.39, 0.29) is 30.4 Å². The first-order valence-corrected chi connectivity index (χ1v) is 6.70. The molecular weight excluding hydrogens is 260 g/mol. The third-order valence-corrected chi connectivity index (χ3v) is 3.65. The molecule has 0 aromatic heterocycles.